The monoisotopic (exact) mass is 709 g/mol. The number of hydrogen-bond acceptors (Lipinski definition) is 8. The van der Waals surface area contributed by atoms with E-state index in [0.29, 0.717) is 45.0 Å². The van der Waals surface area contributed by atoms with Gasteiger partial charge in [0.1, 0.15) is 32.2 Å². The molecule has 0 atom stereocenters. The maximum absolute atomic E-state index is 11.4. The van der Waals surface area contributed by atoms with E-state index in [9.17, 15) is 14.7 Å². The van der Waals surface area contributed by atoms with Crippen molar-refractivity contribution in [2.24, 2.45) is 0 Å². The van der Waals surface area contributed by atoms with Crippen molar-refractivity contribution in [1.29, 1.82) is 0 Å². The molecular formula is C42H47NO9. The molecule has 2 aliphatic rings. The van der Waals surface area contributed by atoms with Gasteiger partial charge in [-0.15, -0.1) is 0 Å². The smallest absolute Gasteiger partial charge is 0.303 e. The predicted octanol–water partition coefficient (Wildman–Crippen LogP) is 8.06. The minimum atomic E-state index is -0.860. The molecule has 4 aromatic rings. The minimum absolute atomic E-state index is 0.0150. The molecule has 10 heteroatoms. The van der Waals surface area contributed by atoms with Crippen molar-refractivity contribution in [1.82, 2.24) is 0 Å². The normalized spacial score (nSPS) is 13.0. The largest absolute Gasteiger partial charge is 0.493 e. The fourth-order valence-electron chi connectivity index (χ4n) is 6.66. The first-order chi connectivity index (χ1) is 25.3. The lowest BCUT2D eigenvalue weighted by Crippen LogP contribution is -2.18. The van der Waals surface area contributed by atoms with Crippen LogP contribution in [-0.2, 0) is 22.4 Å². The number of aliphatic carboxylic acids is 2. The van der Waals surface area contributed by atoms with Gasteiger partial charge in [-0.3, -0.25) is 9.59 Å². The van der Waals surface area contributed by atoms with E-state index in [0.717, 1.165) is 101 Å². The van der Waals surface area contributed by atoms with E-state index in [2.05, 4.69) is 54.4 Å². The number of ether oxygens (including phenoxy) is 5. The fraction of sp³-hybridized carbons (Fsp3) is 0.381. The Morgan fingerprint density at radius 3 is 1.85 bits per heavy atom. The Bertz CT molecular complexity index is 1780. The number of nitrogens with zero attached hydrogens (tertiary/aromatic N) is 1. The Balaban J connectivity index is 1.10. The van der Waals surface area contributed by atoms with Crippen molar-refractivity contribution < 1.29 is 43.5 Å². The van der Waals surface area contributed by atoms with Gasteiger partial charge in [0.25, 0.3) is 0 Å². The average Bonchev–Trinajstić information content (AvgIpc) is 3.16. The molecule has 0 spiro atoms. The molecule has 52 heavy (non-hydrogen) atoms. The number of carboxylic acid groups (broad SMARTS) is 2. The molecule has 0 aliphatic carbocycles. The Labute approximate surface area is 304 Å². The Morgan fingerprint density at radius 2 is 1.23 bits per heavy atom. The summed E-state index contributed by atoms with van der Waals surface area (Å²) in [4.78, 5) is 24.6. The number of hydrogen-bond donors (Lipinski definition) is 2. The standard InChI is InChI=1S/C42H47NO9/c1-43(18-5-3-2-4-8-29-9-6-10-36(35(29)14-17-42(46)47)48-19-7-11-41(44)45)34-25-32(30-12-15-37-39(27-30)51-22-20-49-37)24-33(26-34)31-13-16-38-40(28-31)52-23-21-50-38/h6,9-10,12-13,15-16,24-28H,2-5,7-8,11,14,17-23H2,1H3,(H,44,45)(H,46,47). The van der Waals surface area contributed by atoms with Crippen LogP contribution in [0.1, 0.15) is 56.1 Å². The van der Waals surface area contributed by atoms with Crippen LogP contribution in [0.15, 0.2) is 72.8 Å². The molecule has 6 rings (SSSR count). The van der Waals surface area contributed by atoms with Crippen LogP contribution in [0.3, 0.4) is 0 Å². The second-order valence-corrected chi connectivity index (χ2v) is 13.2. The molecule has 0 saturated heterocycles. The lowest BCUT2D eigenvalue weighted by Gasteiger charge is -2.23. The molecule has 4 aromatic carbocycles. The quantitative estimate of drug-likeness (QED) is 0.0981. The van der Waals surface area contributed by atoms with Crippen molar-refractivity contribution in [3.8, 4) is 51.0 Å². The highest BCUT2D eigenvalue weighted by Crippen LogP contribution is 2.40. The highest BCUT2D eigenvalue weighted by molar-refractivity contribution is 5.80. The first-order valence-electron chi connectivity index (χ1n) is 18.2. The van der Waals surface area contributed by atoms with E-state index in [-0.39, 0.29) is 19.4 Å². The summed E-state index contributed by atoms with van der Waals surface area (Å²) in [7, 11) is 2.13. The van der Waals surface area contributed by atoms with Gasteiger partial charge >= 0.3 is 11.9 Å². The van der Waals surface area contributed by atoms with Gasteiger partial charge in [-0.05, 0) is 114 Å². The molecule has 2 heterocycles. The molecule has 0 aromatic heterocycles. The van der Waals surface area contributed by atoms with Crippen LogP contribution in [0.5, 0.6) is 28.7 Å². The molecule has 10 nitrogen and oxygen atoms in total. The SMILES string of the molecule is CN(CCCCCCc1cccc(OCCCC(=O)O)c1CCC(=O)O)c1cc(-c2ccc3c(c2)OCCO3)cc(-c2ccc3c(c2)OCCO3)c1. The average molecular weight is 710 g/mol. The number of fused-ring (bicyclic) bond motifs is 2. The first-order valence-corrected chi connectivity index (χ1v) is 18.2. The molecule has 0 bridgehead atoms. The third kappa shape index (κ3) is 9.69. The van der Waals surface area contributed by atoms with E-state index in [4.69, 9.17) is 28.8 Å². The van der Waals surface area contributed by atoms with Crippen molar-refractivity contribution >= 4 is 17.6 Å². The van der Waals surface area contributed by atoms with Crippen molar-refractivity contribution in [3.63, 3.8) is 0 Å². The van der Waals surface area contributed by atoms with Gasteiger partial charge in [-0.2, -0.15) is 0 Å². The number of rotatable bonds is 18. The maximum atomic E-state index is 11.4. The zero-order valence-corrected chi connectivity index (χ0v) is 29.7. The second-order valence-electron chi connectivity index (χ2n) is 13.2. The zero-order valence-electron chi connectivity index (χ0n) is 29.7. The van der Waals surface area contributed by atoms with E-state index >= 15 is 0 Å². The maximum Gasteiger partial charge on any atom is 0.303 e. The highest BCUT2D eigenvalue weighted by Gasteiger charge is 2.17. The molecule has 0 amide bonds. The van der Waals surface area contributed by atoms with Gasteiger partial charge < -0.3 is 38.8 Å². The van der Waals surface area contributed by atoms with Crippen LogP contribution < -0.4 is 28.6 Å². The van der Waals surface area contributed by atoms with E-state index in [1.54, 1.807) is 0 Å². The molecular weight excluding hydrogens is 662 g/mol. The highest BCUT2D eigenvalue weighted by atomic mass is 16.6. The molecule has 274 valence electrons. The number of unbranched alkanes of at least 4 members (excludes halogenated alkanes) is 3. The Morgan fingerprint density at radius 1 is 0.635 bits per heavy atom. The van der Waals surface area contributed by atoms with Gasteiger partial charge in [0, 0.05) is 32.1 Å². The van der Waals surface area contributed by atoms with Gasteiger partial charge in [-0.1, -0.05) is 37.1 Å². The summed E-state index contributed by atoms with van der Waals surface area (Å²) >= 11 is 0. The lowest BCUT2D eigenvalue weighted by atomic mass is 9.96. The van der Waals surface area contributed by atoms with Crippen molar-refractivity contribution in [2.75, 3.05) is 51.5 Å². The summed E-state index contributed by atoms with van der Waals surface area (Å²) in [6, 6.07) is 24.7. The molecule has 0 saturated carbocycles. The Kier molecular flexibility index (Phi) is 12.4. The summed E-state index contributed by atoms with van der Waals surface area (Å²) in [6.45, 7) is 3.33. The fourth-order valence-corrected chi connectivity index (χ4v) is 6.66. The summed E-state index contributed by atoms with van der Waals surface area (Å²) in [5.74, 6) is 1.98. The number of carbonyl (C=O) groups is 2. The van der Waals surface area contributed by atoms with Gasteiger partial charge in [0.15, 0.2) is 23.0 Å². The van der Waals surface area contributed by atoms with E-state index in [1.807, 2.05) is 30.3 Å². The molecule has 0 fully saturated rings. The minimum Gasteiger partial charge on any atom is -0.493 e. The van der Waals surface area contributed by atoms with Crippen LogP contribution in [0, 0.1) is 0 Å². The molecule has 0 unspecified atom stereocenters. The zero-order chi connectivity index (χ0) is 36.3. The van der Waals surface area contributed by atoms with Crippen molar-refractivity contribution in [3.05, 3.63) is 83.9 Å². The molecule has 0 radical (unpaired) electrons. The number of anilines is 1. The van der Waals surface area contributed by atoms with Crippen molar-refractivity contribution in [2.45, 2.75) is 57.8 Å². The van der Waals surface area contributed by atoms with Crippen LogP contribution in [0.25, 0.3) is 22.3 Å². The summed E-state index contributed by atoms with van der Waals surface area (Å²) in [6.07, 6.45) is 5.73. The topological polar surface area (TPSA) is 124 Å². The van der Waals surface area contributed by atoms with Crippen LogP contribution in [0.2, 0.25) is 0 Å². The molecule has 2 N–H and O–H groups in total. The van der Waals surface area contributed by atoms with Crippen LogP contribution in [-0.4, -0.2) is 68.8 Å². The Hall–Kier alpha value is -5.38. The van der Waals surface area contributed by atoms with Gasteiger partial charge in [-0.25, -0.2) is 0 Å². The first kappa shape index (κ1) is 36.4. The number of benzene rings is 4. The summed E-state index contributed by atoms with van der Waals surface area (Å²) in [5.41, 5.74) is 7.38. The van der Waals surface area contributed by atoms with Crippen LogP contribution in [0.4, 0.5) is 5.69 Å². The van der Waals surface area contributed by atoms with Gasteiger partial charge in [0.2, 0.25) is 0 Å². The number of carboxylic acids is 2. The third-order valence-electron chi connectivity index (χ3n) is 9.41. The van der Waals surface area contributed by atoms with Gasteiger partial charge in [0.05, 0.1) is 6.61 Å². The molecule has 2 aliphatic heterocycles. The second kappa shape index (κ2) is 17.7. The summed E-state index contributed by atoms with van der Waals surface area (Å²) < 4.78 is 29.3. The van der Waals surface area contributed by atoms with E-state index < -0.39 is 11.9 Å². The van der Waals surface area contributed by atoms with E-state index in [1.165, 1.54) is 0 Å². The van der Waals surface area contributed by atoms with Crippen LogP contribution >= 0.6 is 0 Å². The third-order valence-corrected chi connectivity index (χ3v) is 9.41. The predicted molar refractivity (Wildman–Crippen MR) is 199 cm³/mol. The summed E-state index contributed by atoms with van der Waals surface area (Å²) in [5, 5.41) is 18.3. The number of aryl methyl sites for hydroxylation is 1. The lowest BCUT2D eigenvalue weighted by molar-refractivity contribution is -0.138.